The van der Waals surface area contributed by atoms with Crippen LogP contribution in [0.1, 0.15) is 6.42 Å². The van der Waals surface area contributed by atoms with E-state index in [1.165, 1.54) is 6.42 Å². The molecule has 1 aliphatic rings. The molecule has 0 amide bonds. The van der Waals surface area contributed by atoms with Gasteiger partial charge in [-0.3, -0.25) is 9.78 Å². The van der Waals surface area contributed by atoms with Crippen molar-refractivity contribution in [1.29, 1.82) is 0 Å². The van der Waals surface area contributed by atoms with Gasteiger partial charge in [0.25, 0.3) is 0 Å². The molecule has 0 saturated carbocycles. The van der Waals surface area contributed by atoms with Gasteiger partial charge in [-0.1, -0.05) is 0 Å². The molecular formula is C15H18N6. The minimum atomic E-state index is 0.510. The standard InChI is InChI=1S/C15H18N6/c1-21-9-10(7-17-21)15-13-6-11(2-3-14(13)19-20-15)18-12-4-5-16-8-12/h2-3,6-7,9,12,16,18H,4-5,8H2,1H3,(H,19,20)/t12-/m1/s1. The molecule has 108 valence electrons. The predicted molar refractivity (Wildman–Crippen MR) is 83.2 cm³/mol. The first-order valence-electron chi connectivity index (χ1n) is 7.24. The summed E-state index contributed by atoms with van der Waals surface area (Å²) >= 11 is 0. The molecule has 3 aromatic rings. The summed E-state index contributed by atoms with van der Waals surface area (Å²) in [6.07, 6.45) is 4.99. The minimum absolute atomic E-state index is 0.510. The normalized spacial score (nSPS) is 18.4. The van der Waals surface area contributed by atoms with E-state index < -0.39 is 0 Å². The van der Waals surface area contributed by atoms with Gasteiger partial charge in [-0.15, -0.1) is 0 Å². The number of benzene rings is 1. The van der Waals surface area contributed by atoms with E-state index in [2.05, 4.69) is 44.1 Å². The zero-order valence-corrected chi connectivity index (χ0v) is 11.9. The lowest BCUT2D eigenvalue weighted by Crippen LogP contribution is -2.21. The van der Waals surface area contributed by atoms with Gasteiger partial charge in [-0.05, 0) is 31.2 Å². The summed E-state index contributed by atoms with van der Waals surface area (Å²) in [6.45, 7) is 2.12. The number of aromatic nitrogens is 4. The Morgan fingerprint density at radius 1 is 1.38 bits per heavy atom. The summed E-state index contributed by atoms with van der Waals surface area (Å²) in [5.41, 5.74) is 4.17. The first kappa shape index (κ1) is 12.4. The number of fused-ring (bicyclic) bond motifs is 1. The quantitative estimate of drug-likeness (QED) is 0.684. The van der Waals surface area contributed by atoms with Crippen molar-refractivity contribution in [2.45, 2.75) is 12.5 Å². The van der Waals surface area contributed by atoms with E-state index in [1.54, 1.807) is 4.68 Å². The van der Waals surface area contributed by atoms with E-state index in [1.807, 2.05) is 19.4 Å². The van der Waals surface area contributed by atoms with Crippen LogP contribution in [0.25, 0.3) is 22.2 Å². The summed E-state index contributed by atoms with van der Waals surface area (Å²) in [5.74, 6) is 0. The molecule has 3 N–H and O–H groups in total. The van der Waals surface area contributed by atoms with Crippen LogP contribution in [0.5, 0.6) is 0 Å². The van der Waals surface area contributed by atoms with Gasteiger partial charge in [0.05, 0.1) is 11.7 Å². The number of nitrogens with one attached hydrogen (secondary N) is 3. The Balaban J connectivity index is 1.71. The molecule has 4 rings (SSSR count). The van der Waals surface area contributed by atoms with Gasteiger partial charge in [0.2, 0.25) is 0 Å². The molecule has 2 aromatic heterocycles. The van der Waals surface area contributed by atoms with Crippen molar-refractivity contribution < 1.29 is 0 Å². The van der Waals surface area contributed by atoms with E-state index in [0.29, 0.717) is 6.04 Å². The van der Waals surface area contributed by atoms with Crippen molar-refractivity contribution in [2.24, 2.45) is 7.05 Å². The fourth-order valence-corrected chi connectivity index (χ4v) is 2.88. The van der Waals surface area contributed by atoms with Crippen LogP contribution < -0.4 is 10.6 Å². The second-order valence-electron chi connectivity index (χ2n) is 5.57. The second-order valence-corrected chi connectivity index (χ2v) is 5.57. The zero-order valence-electron chi connectivity index (χ0n) is 11.9. The Kier molecular flexibility index (Phi) is 2.89. The molecule has 6 nitrogen and oxygen atoms in total. The van der Waals surface area contributed by atoms with Crippen LogP contribution in [-0.2, 0) is 7.05 Å². The van der Waals surface area contributed by atoms with E-state index in [0.717, 1.165) is 40.9 Å². The monoisotopic (exact) mass is 282 g/mol. The highest BCUT2D eigenvalue weighted by Gasteiger charge is 2.15. The van der Waals surface area contributed by atoms with Crippen LogP contribution in [0.2, 0.25) is 0 Å². The maximum absolute atomic E-state index is 4.43. The first-order valence-corrected chi connectivity index (χ1v) is 7.24. The van der Waals surface area contributed by atoms with Crippen molar-refractivity contribution in [3.63, 3.8) is 0 Å². The van der Waals surface area contributed by atoms with Crippen molar-refractivity contribution in [1.82, 2.24) is 25.3 Å². The molecule has 6 heteroatoms. The van der Waals surface area contributed by atoms with Gasteiger partial charge in [0.15, 0.2) is 0 Å². The topological polar surface area (TPSA) is 70.6 Å². The van der Waals surface area contributed by atoms with Crippen molar-refractivity contribution in [3.05, 3.63) is 30.6 Å². The average Bonchev–Trinajstić information content (AvgIpc) is 3.19. The highest BCUT2D eigenvalue weighted by atomic mass is 15.2. The summed E-state index contributed by atoms with van der Waals surface area (Å²) in [7, 11) is 1.92. The minimum Gasteiger partial charge on any atom is -0.381 e. The number of aromatic amines is 1. The first-order chi connectivity index (χ1) is 10.3. The lowest BCUT2D eigenvalue weighted by molar-refractivity contribution is 0.768. The fourth-order valence-electron chi connectivity index (χ4n) is 2.88. The Labute approximate surface area is 122 Å². The van der Waals surface area contributed by atoms with E-state index in [-0.39, 0.29) is 0 Å². The molecule has 0 unspecified atom stereocenters. The molecule has 0 spiro atoms. The summed E-state index contributed by atoms with van der Waals surface area (Å²) in [5, 5.41) is 19.8. The molecule has 1 aliphatic heterocycles. The van der Waals surface area contributed by atoms with Crippen molar-refractivity contribution in [3.8, 4) is 11.3 Å². The number of nitrogens with zero attached hydrogens (tertiary/aromatic N) is 3. The van der Waals surface area contributed by atoms with Gasteiger partial charge in [-0.25, -0.2) is 0 Å². The third-order valence-electron chi connectivity index (χ3n) is 3.97. The third-order valence-corrected chi connectivity index (χ3v) is 3.97. The molecule has 1 saturated heterocycles. The molecule has 1 aromatic carbocycles. The number of hydrogen-bond acceptors (Lipinski definition) is 4. The second kappa shape index (κ2) is 4.89. The number of H-pyrrole nitrogens is 1. The number of aryl methyl sites for hydroxylation is 1. The van der Waals surface area contributed by atoms with Gasteiger partial charge < -0.3 is 10.6 Å². The Hall–Kier alpha value is -2.34. The van der Waals surface area contributed by atoms with Crippen molar-refractivity contribution >= 4 is 16.6 Å². The van der Waals surface area contributed by atoms with Crippen molar-refractivity contribution in [2.75, 3.05) is 18.4 Å². The lowest BCUT2D eigenvalue weighted by Gasteiger charge is -2.12. The zero-order chi connectivity index (χ0) is 14.2. The smallest absolute Gasteiger partial charge is 0.103 e. The largest absolute Gasteiger partial charge is 0.381 e. The molecule has 1 atom stereocenters. The van der Waals surface area contributed by atoms with Crippen LogP contribution in [0.4, 0.5) is 5.69 Å². The van der Waals surface area contributed by atoms with E-state index >= 15 is 0 Å². The third kappa shape index (κ3) is 2.27. The van der Waals surface area contributed by atoms with Gasteiger partial charge in [0.1, 0.15) is 5.69 Å². The highest BCUT2D eigenvalue weighted by Crippen LogP contribution is 2.28. The number of rotatable bonds is 3. The predicted octanol–water partition coefficient (Wildman–Crippen LogP) is 1.74. The van der Waals surface area contributed by atoms with Crippen LogP contribution in [0.3, 0.4) is 0 Å². The van der Waals surface area contributed by atoms with E-state index in [9.17, 15) is 0 Å². The lowest BCUT2D eigenvalue weighted by atomic mass is 10.1. The molecule has 0 aliphatic carbocycles. The molecule has 0 bridgehead atoms. The molecule has 0 radical (unpaired) electrons. The maximum atomic E-state index is 4.43. The molecular weight excluding hydrogens is 264 g/mol. The molecule has 1 fully saturated rings. The highest BCUT2D eigenvalue weighted by molar-refractivity contribution is 5.94. The van der Waals surface area contributed by atoms with Crippen LogP contribution >= 0.6 is 0 Å². The summed E-state index contributed by atoms with van der Waals surface area (Å²) in [4.78, 5) is 0. The number of hydrogen-bond donors (Lipinski definition) is 3. The molecule has 3 heterocycles. The Morgan fingerprint density at radius 2 is 2.33 bits per heavy atom. The van der Waals surface area contributed by atoms with Gasteiger partial charge in [0, 0.05) is 42.5 Å². The number of anilines is 1. The summed E-state index contributed by atoms with van der Waals surface area (Å²) in [6, 6.07) is 6.86. The maximum Gasteiger partial charge on any atom is 0.103 e. The van der Waals surface area contributed by atoms with Crippen LogP contribution in [-0.4, -0.2) is 39.1 Å². The van der Waals surface area contributed by atoms with Gasteiger partial charge >= 0.3 is 0 Å². The average molecular weight is 282 g/mol. The van der Waals surface area contributed by atoms with Gasteiger partial charge in [-0.2, -0.15) is 10.2 Å². The van der Waals surface area contributed by atoms with Crippen LogP contribution in [0, 0.1) is 0 Å². The SMILES string of the molecule is Cn1cc(-c2n[nH]c3ccc(N[C@@H]4CCNC4)cc23)cn1. The summed E-state index contributed by atoms with van der Waals surface area (Å²) < 4.78 is 1.79. The molecule has 21 heavy (non-hydrogen) atoms. The van der Waals surface area contributed by atoms with E-state index in [4.69, 9.17) is 0 Å². The Bertz CT molecular complexity index is 765. The fraction of sp³-hybridized carbons (Fsp3) is 0.333. The Morgan fingerprint density at radius 3 is 3.10 bits per heavy atom. The van der Waals surface area contributed by atoms with Crippen LogP contribution in [0.15, 0.2) is 30.6 Å².